The first-order valence-electron chi connectivity index (χ1n) is 3.72. The molecule has 2 nitrogen and oxygen atoms in total. The van der Waals surface area contributed by atoms with Gasteiger partial charge in [-0.1, -0.05) is 40.4 Å². The monoisotopic (exact) mass is 244 g/mol. The Kier molecular flexibility index (Phi) is 5.77. The maximum absolute atomic E-state index is 10.9. The van der Waals surface area contributed by atoms with Crippen molar-refractivity contribution in [2.45, 2.75) is 23.6 Å². The fourth-order valence-electron chi connectivity index (χ4n) is 0.621. The molecule has 0 aromatic rings. The molecule has 0 atom stereocenters. The molecule has 0 radical (unpaired) electrons. The van der Waals surface area contributed by atoms with Gasteiger partial charge in [-0.15, -0.1) is 6.58 Å². The summed E-state index contributed by atoms with van der Waals surface area (Å²) in [7, 11) is 0. The Morgan fingerprint density at radius 2 is 2.00 bits per heavy atom. The number of hydrogen-bond acceptors (Lipinski definition) is 2. The lowest BCUT2D eigenvalue weighted by Crippen LogP contribution is -2.22. The number of halogens is 3. The van der Waals surface area contributed by atoms with Gasteiger partial charge in [0.05, 0.1) is 6.61 Å². The molecule has 0 aliphatic carbocycles. The second-order valence-corrected chi connectivity index (χ2v) is 4.98. The summed E-state index contributed by atoms with van der Waals surface area (Å²) in [5, 5.41) is 0. The van der Waals surface area contributed by atoms with E-state index in [9.17, 15) is 4.79 Å². The molecule has 0 N–H and O–H groups in total. The van der Waals surface area contributed by atoms with Crippen LogP contribution < -0.4 is 0 Å². The van der Waals surface area contributed by atoms with Gasteiger partial charge in [0.25, 0.3) is 3.79 Å². The predicted molar refractivity (Wildman–Crippen MR) is 55.3 cm³/mol. The highest BCUT2D eigenvalue weighted by molar-refractivity contribution is 6.75. The molecular formula is C8H11Cl3O2. The van der Waals surface area contributed by atoms with Crippen LogP contribution in [-0.4, -0.2) is 16.4 Å². The van der Waals surface area contributed by atoms with Gasteiger partial charge in [-0.3, -0.25) is 0 Å². The highest BCUT2D eigenvalue weighted by Crippen LogP contribution is 2.27. The first kappa shape index (κ1) is 13.1. The van der Waals surface area contributed by atoms with E-state index in [1.54, 1.807) is 0 Å². The molecule has 5 heteroatoms. The summed E-state index contributed by atoms with van der Waals surface area (Å²) in [5.41, 5.74) is 1.03. The number of rotatable bonds is 4. The second kappa shape index (κ2) is 5.74. The Hall–Kier alpha value is 0.0800. The zero-order valence-corrected chi connectivity index (χ0v) is 9.55. The van der Waals surface area contributed by atoms with Crippen molar-refractivity contribution in [3.8, 4) is 0 Å². The molecular weight excluding hydrogens is 234 g/mol. The van der Waals surface area contributed by atoms with Gasteiger partial charge in [0, 0.05) is 0 Å². The molecule has 0 amide bonds. The molecule has 13 heavy (non-hydrogen) atoms. The van der Waals surface area contributed by atoms with E-state index >= 15 is 0 Å². The summed E-state index contributed by atoms with van der Waals surface area (Å²) in [5.74, 6) is -0.834. The summed E-state index contributed by atoms with van der Waals surface area (Å²) >= 11 is 15.8. The molecule has 76 valence electrons. The van der Waals surface area contributed by atoms with Gasteiger partial charge < -0.3 is 4.74 Å². The van der Waals surface area contributed by atoms with Crippen LogP contribution in [0.2, 0.25) is 0 Å². The first-order valence-corrected chi connectivity index (χ1v) is 4.85. The van der Waals surface area contributed by atoms with Crippen LogP contribution in [0.15, 0.2) is 12.2 Å². The predicted octanol–water partition coefficient (Wildman–Crippen LogP) is 3.26. The lowest BCUT2D eigenvalue weighted by atomic mass is 10.2. The molecule has 0 saturated heterocycles. The minimum absolute atomic E-state index is 0.250. The third-order valence-electron chi connectivity index (χ3n) is 1.21. The second-order valence-electron chi connectivity index (χ2n) is 2.69. The molecule has 0 heterocycles. The Balaban J connectivity index is 3.55. The summed E-state index contributed by atoms with van der Waals surface area (Å²) in [6.07, 6.45) is 1.49. The molecule has 0 aromatic carbocycles. The van der Waals surface area contributed by atoms with E-state index in [1.165, 1.54) is 0 Å². The van der Waals surface area contributed by atoms with Gasteiger partial charge in [0.1, 0.15) is 0 Å². The van der Waals surface area contributed by atoms with Crippen LogP contribution in [0.1, 0.15) is 19.8 Å². The summed E-state index contributed by atoms with van der Waals surface area (Å²) in [6.45, 7) is 5.85. The number of alkyl halides is 3. The largest absolute Gasteiger partial charge is 0.463 e. The van der Waals surface area contributed by atoms with Crippen molar-refractivity contribution in [3.05, 3.63) is 12.2 Å². The summed E-state index contributed by atoms with van der Waals surface area (Å²) in [4.78, 5) is 10.9. The zero-order chi connectivity index (χ0) is 10.5. The third-order valence-corrected chi connectivity index (χ3v) is 1.68. The average molecular weight is 246 g/mol. The van der Waals surface area contributed by atoms with Crippen LogP contribution in [-0.2, 0) is 9.53 Å². The minimum Gasteiger partial charge on any atom is -0.463 e. The van der Waals surface area contributed by atoms with E-state index in [4.69, 9.17) is 34.8 Å². The number of allylic oxidation sites excluding steroid dienone is 1. The Bertz CT molecular complexity index is 196. The van der Waals surface area contributed by atoms with Gasteiger partial charge in [-0.2, -0.15) is 0 Å². The van der Waals surface area contributed by atoms with Crippen LogP contribution in [0, 0.1) is 0 Å². The first-order chi connectivity index (χ1) is 5.84. The third kappa shape index (κ3) is 7.17. The van der Waals surface area contributed by atoms with E-state index in [-0.39, 0.29) is 6.61 Å². The number of ether oxygens (including phenoxy) is 1. The molecule has 0 aliphatic rings. The maximum atomic E-state index is 10.9. The molecule has 0 saturated carbocycles. The average Bonchev–Trinajstić information content (AvgIpc) is 1.95. The van der Waals surface area contributed by atoms with Gasteiger partial charge in [0.15, 0.2) is 0 Å². The van der Waals surface area contributed by atoms with E-state index in [0.29, 0.717) is 6.42 Å². The van der Waals surface area contributed by atoms with Crippen LogP contribution in [0.4, 0.5) is 0 Å². The number of hydrogen-bond donors (Lipinski definition) is 0. The fourth-order valence-corrected chi connectivity index (χ4v) is 0.784. The Morgan fingerprint density at radius 3 is 2.38 bits per heavy atom. The SMILES string of the molecule is C=C(C)CCCOC(=O)C(Cl)(Cl)Cl. The molecule has 0 aliphatic heterocycles. The minimum atomic E-state index is -1.97. The highest BCUT2D eigenvalue weighted by atomic mass is 35.6. The Morgan fingerprint density at radius 1 is 1.46 bits per heavy atom. The molecule has 0 rings (SSSR count). The van der Waals surface area contributed by atoms with E-state index in [0.717, 1.165) is 12.0 Å². The zero-order valence-electron chi connectivity index (χ0n) is 7.28. The molecule has 0 fully saturated rings. The van der Waals surface area contributed by atoms with Crippen molar-refractivity contribution < 1.29 is 9.53 Å². The van der Waals surface area contributed by atoms with Crippen LogP contribution >= 0.6 is 34.8 Å². The van der Waals surface area contributed by atoms with Crippen LogP contribution in [0.25, 0.3) is 0 Å². The van der Waals surface area contributed by atoms with Crippen molar-refractivity contribution in [2.75, 3.05) is 6.61 Å². The summed E-state index contributed by atoms with van der Waals surface area (Å²) in [6, 6.07) is 0. The standard InChI is InChI=1S/C8H11Cl3O2/c1-6(2)4-3-5-13-7(12)8(9,10)11/h1,3-5H2,2H3. The van der Waals surface area contributed by atoms with Gasteiger partial charge in [0.2, 0.25) is 0 Å². The van der Waals surface area contributed by atoms with Crippen LogP contribution in [0.5, 0.6) is 0 Å². The van der Waals surface area contributed by atoms with Crippen molar-refractivity contribution >= 4 is 40.8 Å². The topological polar surface area (TPSA) is 26.3 Å². The summed E-state index contributed by atoms with van der Waals surface area (Å²) < 4.78 is 2.71. The molecule has 0 unspecified atom stereocenters. The van der Waals surface area contributed by atoms with Gasteiger partial charge >= 0.3 is 5.97 Å². The fraction of sp³-hybridized carbons (Fsp3) is 0.625. The number of esters is 1. The van der Waals surface area contributed by atoms with Crippen molar-refractivity contribution in [3.63, 3.8) is 0 Å². The van der Waals surface area contributed by atoms with Crippen molar-refractivity contribution in [1.29, 1.82) is 0 Å². The molecule has 0 bridgehead atoms. The van der Waals surface area contributed by atoms with Gasteiger partial charge in [-0.05, 0) is 19.8 Å². The quantitative estimate of drug-likeness (QED) is 0.329. The smallest absolute Gasteiger partial charge is 0.358 e. The maximum Gasteiger partial charge on any atom is 0.358 e. The highest BCUT2D eigenvalue weighted by Gasteiger charge is 2.32. The van der Waals surface area contributed by atoms with Crippen molar-refractivity contribution in [1.82, 2.24) is 0 Å². The number of carbonyl (C=O) groups excluding carboxylic acids is 1. The molecule has 0 aromatic heterocycles. The van der Waals surface area contributed by atoms with Crippen molar-refractivity contribution in [2.24, 2.45) is 0 Å². The van der Waals surface area contributed by atoms with E-state index < -0.39 is 9.76 Å². The number of carbonyl (C=O) groups is 1. The lowest BCUT2D eigenvalue weighted by Gasteiger charge is -2.09. The van der Waals surface area contributed by atoms with E-state index in [2.05, 4.69) is 11.3 Å². The Labute approximate surface area is 92.8 Å². The van der Waals surface area contributed by atoms with Gasteiger partial charge in [-0.25, -0.2) is 4.79 Å². The van der Waals surface area contributed by atoms with E-state index in [1.807, 2.05) is 6.92 Å². The normalized spacial score (nSPS) is 11.1. The van der Waals surface area contributed by atoms with Crippen LogP contribution in [0.3, 0.4) is 0 Å². The molecule has 0 spiro atoms. The lowest BCUT2D eigenvalue weighted by molar-refractivity contribution is -0.142.